The number of methoxy groups -OCH3 is 1. The molecule has 0 saturated carbocycles. The highest BCUT2D eigenvalue weighted by Crippen LogP contribution is 2.29. The molecule has 0 unspecified atom stereocenters. The van der Waals surface area contributed by atoms with E-state index in [1.54, 1.807) is 18.2 Å². The van der Waals surface area contributed by atoms with Crippen LogP contribution in [0.4, 0.5) is 0 Å². The minimum Gasteiger partial charge on any atom is -0.504 e. The van der Waals surface area contributed by atoms with Crippen molar-refractivity contribution in [2.45, 2.75) is 32.4 Å². The van der Waals surface area contributed by atoms with Crippen LogP contribution in [0.2, 0.25) is 0 Å². The fourth-order valence-corrected chi connectivity index (χ4v) is 1.71. The third-order valence-corrected chi connectivity index (χ3v) is 2.68. The lowest BCUT2D eigenvalue weighted by atomic mass is 9.99. The molecule has 0 bridgehead atoms. The minimum atomic E-state index is -0.415. The molecule has 0 aromatic heterocycles. The fraction of sp³-hybridized carbons (Fsp3) is 0.462. The Balaban J connectivity index is 2.71. The van der Waals surface area contributed by atoms with E-state index >= 15 is 0 Å². The molecule has 1 amide bonds. The van der Waals surface area contributed by atoms with Crippen molar-refractivity contribution in [3.05, 3.63) is 23.8 Å². The number of phenols is 1. The summed E-state index contributed by atoms with van der Waals surface area (Å²) in [6, 6.07) is 5.29. The highest BCUT2D eigenvalue weighted by molar-refractivity contribution is 5.75. The first kappa shape index (κ1) is 14.3. The molecule has 0 atom stereocenters. The Kier molecular flexibility index (Phi) is 4.55. The standard InChI is InChI=1S/C13H20N2O3/c1-13(2,7-11(14)16)15-8-9-5-4-6-10(18-3)12(9)17/h4-6,15,17H,7-8H2,1-3H3,(H2,14,16). The van der Waals surface area contributed by atoms with E-state index in [1.165, 1.54) is 7.11 Å². The predicted molar refractivity (Wildman–Crippen MR) is 69.4 cm³/mol. The zero-order valence-corrected chi connectivity index (χ0v) is 11.0. The van der Waals surface area contributed by atoms with Gasteiger partial charge in [0.25, 0.3) is 0 Å². The molecule has 100 valence electrons. The van der Waals surface area contributed by atoms with Gasteiger partial charge in [0.15, 0.2) is 11.5 Å². The summed E-state index contributed by atoms with van der Waals surface area (Å²) in [4.78, 5) is 10.9. The normalized spacial score (nSPS) is 11.3. The van der Waals surface area contributed by atoms with Crippen molar-refractivity contribution < 1.29 is 14.6 Å². The van der Waals surface area contributed by atoms with Crippen molar-refractivity contribution >= 4 is 5.91 Å². The van der Waals surface area contributed by atoms with Gasteiger partial charge < -0.3 is 20.9 Å². The van der Waals surface area contributed by atoms with E-state index in [4.69, 9.17) is 10.5 Å². The highest BCUT2D eigenvalue weighted by atomic mass is 16.5. The van der Waals surface area contributed by atoms with E-state index in [0.717, 1.165) is 0 Å². The number of nitrogens with two attached hydrogens (primary N) is 1. The Hall–Kier alpha value is -1.75. The van der Waals surface area contributed by atoms with E-state index in [2.05, 4.69) is 5.32 Å². The zero-order valence-electron chi connectivity index (χ0n) is 11.0. The van der Waals surface area contributed by atoms with Crippen molar-refractivity contribution in [1.82, 2.24) is 5.32 Å². The third-order valence-electron chi connectivity index (χ3n) is 2.68. The van der Waals surface area contributed by atoms with Gasteiger partial charge in [-0.1, -0.05) is 12.1 Å². The summed E-state index contributed by atoms with van der Waals surface area (Å²) in [5, 5.41) is 13.1. The van der Waals surface area contributed by atoms with Crippen LogP contribution in [0.1, 0.15) is 25.8 Å². The van der Waals surface area contributed by atoms with Gasteiger partial charge in [0, 0.05) is 24.1 Å². The number of para-hydroxylation sites is 1. The third kappa shape index (κ3) is 3.92. The van der Waals surface area contributed by atoms with Gasteiger partial charge in [0.2, 0.25) is 5.91 Å². The number of nitrogens with one attached hydrogen (secondary N) is 1. The number of ether oxygens (including phenoxy) is 1. The Labute approximate surface area is 107 Å². The first-order valence-electron chi connectivity index (χ1n) is 5.74. The smallest absolute Gasteiger partial charge is 0.219 e. The van der Waals surface area contributed by atoms with Gasteiger partial charge in [-0.05, 0) is 19.9 Å². The zero-order chi connectivity index (χ0) is 13.8. The number of phenolic OH excluding ortho intramolecular Hbond substituents is 1. The maximum absolute atomic E-state index is 10.9. The Bertz CT molecular complexity index is 430. The summed E-state index contributed by atoms with van der Waals surface area (Å²) in [6.07, 6.45) is 0.234. The van der Waals surface area contributed by atoms with Crippen molar-refractivity contribution in [3.63, 3.8) is 0 Å². The van der Waals surface area contributed by atoms with Gasteiger partial charge in [0.05, 0.1) is 7.11 Å². The highest BCUT2D eigenvalue weighted by Gasteiger charge is 2.20. The molecule has 18 heavy (non-hydrogen) atoms. The Morgan fingerprint density at radius 2 is 2.17 bits per heavy atom. The summed E-state index contributed by atoms with van der Waals surface area (Å²) in [5.74, 6) is 0.187. The van der Waals surface area contributed by atoms with Crippen LogP contribution in [0.3, 0.4) is 0 Å². The molecule has 0 aliphatic heterocycles. The van der Waals surface area contributed by atoms with E-state index in [0.29, 0.717) is 17.9 Å². The summed E-state index contributed by atoms with van der Waals surface area (Å²) in [6.45, 7) is 4.20. The second-order valence-electron chi connectivity index (χ2n) is 4.85. The second kappa shape index (κ2) is 5.73. The van der Waals surface area contributed by atoms with Crippen LogP contribution in [0.15, 0.2) is 18.2 Å². The monoisotopic (exact) mass is 252 g/mol. The molecule has 0 spiro atoms. The quantitative estimate of drug-likeness (QED) is 0.709. The lowest BCUT2D eigenvalue weighted by Crippen LogP contribution is -2.42. The van der Waals surface area contributed by atoms with Crippen LogP contribution < -0.4 is 15.8 Å². The number of amides is 1. The SMILES string of the molecule is COc1cccc(CNC(C)(C)CC(N)=O)c1O. The molecule has 0 saturated heterocycles. The molecule has 0 aliphatic carbocycles. The van der Waals surface area contributed by atoms with Crippen molar-refractivity contribution in [2.24, 2.45) is 5.73 Å². The number of hydrogen-bond acceptors (Lipinski definition) is 4. The first-order chi connectivity index (χ1) is 8.35. The maximum Gasteiger partial charge on any atom is 0.219 e. The number of hydrogen-bond donors (Lipinski definition) is 3. The van der Waals surface area contributed by atoms with E-state index in [-0.39, 0.29) is 18.1 Å². The van der Waals surface area contributed by atoms with E-state index in [9.17, 15) is 9.90 Å². The van der Waals surface area contributed by atoms with Gasteiger partial charge in [-0.25, -0.2) is 0 Å². The lowest BCUT2D eigenvalue weighted by molar-refractivity contribution is -0.119. The number of carbonyl (C=O) groups excluding carboxylic acids is 1. The number of carbonyl (C=O) groups is 1. The number of primary amides is 1. The van der Waals surface area contributed by atoms with Crippen molar-refractivity contribution in [1.29, 1.82) is 0 Å². The molecule has 0 fully saturated rings. The molecular weight excluding hydrogens is 232 g/mol. The van der Waals surface area contributed by atoms with Crippen LogP contribution in [-0.2, 0) is 11.3 Å². The largest absolute Gasteiger partial charge is 0.504 e. The second-order valence-corrected chi connectivity index (χ2v) is 4.85. The Morgan fingerprint density at radius 1 is 1.50 bits per heavy atom. The average Bonchev–Trinajstić information content (AvgIpc) is 2.26. The van der Waals surface area contributed by atoms with Gasteiger partial charge in [-0.3, -0.25) is 4.79 Å². The lowest BCUT2D eigenvalue weighted by Gasteiger charge is -2.25. The molecule has 5 nitrogen and oxygen atoms in total. The van der Waals surface area contributed by atoms with Crippen LogP contribution >= 0.6 is 0 Å². The average molecular weight is 252 g/mol. The van der Waals surface area contributed by atoms with Crippen LogP contribution in [-0.4, -0.2) is 23.7 Å². The molecule has 0 radical (unpaired) electrons. The maximum atomic E-state index is 10.9. The number of aromatic hydroxyl groups is 1. The number of rotatable bonds is 6. The van der Waals surface area contributed by atoms with Crippen LogP contribution in [0.5, 0.6) is 11.5 Å². The van der Waals surface area contributed by atoms with E-state index in [1.807, 2.05) is 13.8 Å². The van der Waals surface area contributed by atoms with Gasteiger partial charge in [-0.2, -0.15) is 0 Å². The van der Waals surface area contributed by atoms with Gasteiger partial charge >= 0.3 is 0 Å². The molecule has 1 rings (SSSR count). The minimum absolute atomic E-state index is 0.113. The molecule has 1 aromatic rings. The predicted octanol–water partition coefficient (Wildman–Crippen LogP) is 1.14. The number of benzene rings is 1. The fourth-order valence-electron chi connectivity index (χ4n) is 1.71. The summed E-state index contributed by atoms with van der Waals surface area (Å²) in [7, 11) is 1.50. The van der Waals surface area contributed by atoms with Crippen LogP contribution in [0, 0.1) is 0 Å². The summed E-state index contributed by atoms with van der Waals surface area (Å²) >= 11 is 0. The molecule has 4 N–H and O–H groups in total. The molecule has 0 aliphatic rings. The van der Waals surface area contributed by atoms with Crippen molar-refractivity contribution in [3.8, 4) is 11.5 Å². The molecular formula is C13H20N2O3. The first-order valence-corrected chi connectivity index (χ1v) is 5.74. The molecule has 5 heteroatoms. The molecule has 1 aromatic carbocycles. The Morgan fingerprint density at radius 3 is 2.72 bits per heavy atom. The topological polar surface area (TPSA) is 84.6 Å². The van der Waals surface area contributed by atoms with Crippen LogP contribution in [0.25, 0.3) is 0 Å². The summed E-state index contributed by atoms with van der Waals surface area (Å²) in [5.41, 5.74) is 5.47. The van der Waals surface area contributed by atoms with E-state index < -0.39 is 5.54 Å². The van der Waals surface area contributed by atoms with Gasteiger partial charge in [-0.15, -0.1) is 0 Å². The van der Waals surface area contributed by atoms with Crippen molar-refractivity contribution in [2.75, 3.05) is 7.11 Å². The summed E-state index contributed by atoms with van der Waals surface area (Å²) < 4.78 is 5.03. The molecule has 0 heterocycles. The van der Waals surface area contributed by atoms with Gasteiger partial charge in [0.1, 0.15) is 0 Å².